The lowest BCUT2D eigenvalue weighted by atomic mass is 10.1. The fourth-order valence-corrected chi connectivity index (χ4v) is 1.08. The molecule has 0 aliphatic rings. The number of allylic oxidation sites excluding steroid dienone is 1. The van der Waals surface area contributed by atoms with Crippen molar-refractivity contribution in [1.82, 2.24) is 0 Å². The van der Waals surface area contributed by atoms with Crippen LogP contribution in [0.2, 0.25) is 0 Å². The summed E-state index contributed by atoms with van der Waals surface area (Å²) in [6.07, 6.45) is 3.25. The van der Waals surface area contributed by atoms with Gasteiger partial charge in [0, 0.05) is 11.4 Å². The Morgan fingerprint density at radius 2 is 2.23 bits per heavy atom. The molecule has 1 aromatic carbocycles. The van der Waals surface area contributed by atoms with E-state index >= 15 is 0 Å². The van der Waals surface area contributed by atoms with Crippen LogP contribution in [0.3, 0.4) is 0 Å². The molecule has 0 spiro atoms. The van der Waals surface area contributed by atoms with Crippen molar-refractivity contribution in [3.8, 4) is 0 Å². The van der Waals surface area contributed by atoms with Gasteiger partial charge in [0.2, 0.25) is 0 Å². The third-order valence-electron chi connectivity index (χ3n) is 1.63. The highest BCUT2D eigenvalue weighted by Gasteiger charge is 1.99. The van der Waals surface area contributed by atoms with E-state index in [0.29, 0.717) is 17.0 Å². The molecule has 0 fully saturated rings. The summed E-state index contributed by atoms with van der Waals surface area (Å²) in [5.74, 6) is 0.0431. The first-order valence-electron chi connectivity index (χ1n) is 3.89. The lowest BCUT2D eigenvalue weighted by molar-refractivity contribution is 0.281. The lowest BCUT2D eigenvalue weighted by Crippen LogP contribution is -1.87. The fraction of sp³-hybridized carbons (Fsp3) is 0.200. The second kappa shape index (κ2) is 5.00. The molecule has 0 saturated carbocycles. The summed E-state index contributed by atoms with van der Waals surface area (Å²) in [5, 5.41) is 8.81. The number of alkyl halides is 1. The molecule has 1 aromatic rings. The highest BCUT2D eigenvalue weighted by atomic mass is 35.5. The van der Waals surface area contributed by atoms with Gasteiger partial charge >= 0.3 is 0 Å². The maximum atomic E-state index is 13.1. The first kappa shape index (κ1) is 10.2. The molecule has 0 radical (unpaired) electrons. The molecular formula is C10H10ClFO. The molecule has 0 amide bonds. The van der Waals surface area contributed by atoms with E-state index < -0.39 is 0 Å². The van der Waals surface area contributed by atoms with Crippen molar-refractivity contribution in [3.63, 3.8) is 0 Å². The SMILES string of the molecule is OCc1ccc(F)c(C=CCCl)c1. The second-order valence-corrected chi connectivity index (χ2v) is 2.88. The van der Waals surface area contributed by atoms with Gasteiger partial charge in [0.15, 0.2) is 0 Å². The van der Waals surface area contributed by atoms with Gasteiger partial charge in [-0.15, -0.1) is 11.6 Å². The molecule has 0 bridgehead atoms. The Hall–Kier alpha value is -0.860. The summed E-state index contributed by atoms with van der Waals surface area (Å²) >= 11 is 5.42. The summed E-state index contributed by atoms with van der Waals surface area (Å²) in [6.45, 7) is -0.0814. The lowest BCUT2D eigenvalue weighted by Gasteiger charge is -1.99. The van der Waals surface area contributed by atoms with Gasteiger partial charge in [0.05, 0.1) is 6.61 Å². The Morgan fingerprint density at radius 1 is 1.46 bits per heavy atom. The standard InChI is InChI=1S/C10H10ClFO/c11-5-1-2-9-6-8(7-13)3-4-10(9)12/h1-4,6,13H,5,7H2. The first-order valence-corrected chi connectivity index (χ1v) is 4.43. The van der Waals surface area contributed by atoms with E-state index in [4.69, 9.17) is 16.7 Å². The molecular weight excluding hydrogens is 191 g/mol. The highest BCUT2D eigenvalue weighted by Crippen LogP contribution is 2.12. The number of hydrogen-bond donors (Lipinski definition) is 1. The van der Waals surface area contributed by atoms with Crippen LogP contribution in [-0.2, 0) is 6.61 Å². The van der Waals surface area contributed by atoms with Crippen LogP contribution in [0, 0.1) is 5.82 Å². The van der Waals surface area contributed by atoms with Gasteiger partial charge in [-0.05, 0) is 17.7 Å². The van der Waals surface area contributed by atoms with Gasteiger partial charge < -0.3 is 5.11 Å². The zero-order chi connectivity index (χ0) is 9.68. The van der Waals surface area contributed by atoms with Crippen LogP contribution in [0.1, 0.15) is 11.1 Å². The zero-order valence-corrected chi connectivity index (χ0v) is 7.76. The number of hydrogen-bond acceptors (Lipinski definition) is 1. The van der Waals surface area contributed by atoms with Crippen molar-refractivity contribution in [2.45, 2.75) is 6.61 Å². The predicted octanol–water partition coefficient (Wildman–Crippen LogP) is 2.57. The molecule has 0 saturated heterocycles. The van der Waals surface area contributed by atoms with Crippen molar-refractivity contribution in [2.75, 3.05) is 5.88 Å². The van der Waals surface area contributed by atoms with Crippen molar-refractivity contribution < 1.29 is 9.50 Å². The first-order chi connectivity index (χ1) is 6.27. The van der Waals surface area contributed by atoms with Crippen LogP contribution in [0.15, 0.2) is 24.3 Å². The monoisotopic (exact) mass is 200 g/mol. The Balaban J connectivity index is 2.97. The average Bonchev–Trinajstić information content (AvgIpc) is 2.17. The predicted molar refractivity (Wildman–Crippen MR) is 52.1 cm³/mol. The Morgan fingerprint density at radius 3 is 2.85 bits per heavy atom. The minimum Gasteiger partial charge on any atom is -0.392 e. The van der Waals surface area contributed by atoms with Gasteiger partial charge in [-0.1, -0.05) is 18.2 Å². The van der Waals surface area contributed by atoms with Gasteiger partial charge in [0.25, 0.3) is 0 Å². The maximum absolute atomic E-state index is 13.1. The summed E-state index contributed by atoms with van der Waals surface area (Å²) in [7, 11) is 0. The van der Waals surface area contributed by atoms with Gasteiger partial charge in [0.1, 0.15) is 5.82 Å². The Kier molecular flexibility index (Phi) is 3.93. The highest BCUT2D eigenvalue weighted by molar-refractivity contribution is 6.19. The second-order valence-electron chi connectivity index (χ2n) is 2.57. The third-order valence-corrected chi connectivity index (χ3v) is 1.81. The van der Waals surface area contributed by atoms with E-state index in [9.17, 15) is 4.39 Å². The van der Waals surface area contributed by atoms with E-state index in [1.165, 1.54) is 6.07 Å². The van der Waals surface area contributed by atoms with Gasteiger partial charge in [-0.3, -0.25) is 0 Å². The molecule has 3 heteroatoms. The number of halogens is 2. The number of aliphatic hydroxyl groups is 1. The normalized spacial score (nSPS) is 11.0. The average molecular weight is 201 g/mol. The van der Waals surface area contributed by atoms with E-state index in [1.807, 2.05) is 0 Å². The van der Waals surface area contributed by atoms with E-state index in [1.54, 1.807) is 24.3 Å². The molecule has 13 heavy (non-hydrogen) atoms. The quantitative estimate of drug-likeness (QED) is 0.744. The molecule has 1 nitrogen and oxygen atoms in total. The van der Waals surface area contributed by atoms with Crippen molar-refractivity contribution in [1.29, 1.82) is 0 Å². The summed E-state index contributed by atoms with van der Waals surface area (Å²) < 4.78 is 13.1. The molecule has 0 heterocycles. The molecule has 0 aliphatic heterocycles. The van der Waals surface area contributed by atoms with Crippen molar-refractivity contribution >= 4 is 17.7 Å². The van der Waals surface area contributed by atoms with Gasteiger partial charge in [-0.25, -0.2) is 4.39 Å². The summed E-state index contributed by atoms with van der Waals surface area (Å²) in [4.78, 5) is 0. The number of aliphatic hydroxyl groups excluding tert-OH is 1. The van der Waals surface area contributed by atoms with E-state index in [-0.39, 0.29) is 12.4 Å². The molecule has 1 N–H and O–H groups in total. The van der Waals surface area contributed by atoms with Crippen molar-refractivity contribution in [2.24, 2.45) is 0 Å². The molecule has 0 aliphatic carbocycles. The molecule has 0 unspecified atom stereocenters. The number of rotatable bonds is 3. The minimum absolute atomic E-state index is 0.0814. The Bertz CT molecular complexity index is 310. The number of benzene rings is 1. The molecule has 0 aromatic heterocycles. The van der Waals surface area contributed by atoms with Crippen LogP contribution in [0.4, 0.5) is 4.39 Å². The molecule has 70 valence electrons. The molecule has 0 atom stereocenters. The summed E-state index contributed by atoms with van der Waals surface area (Å²) in [5.41, 5.74) is 1.14. The topological polar surface area (TPSA) is 20.2 Å². The van der Waals surface area contributed by atoms with Gasteiger partial charge in [-0.2, -0.15) is 0 Å². The minimum atomic E-state index is -0.307. The van der Waals surface area contributed by atoms with E-state index in [2.05, 4.69) is 0 Å². The maximum Gasteiger partial charge on any atom is 0.130 e. The van der Waals surface area contributed by atoms with Crippen molar-refractivity contribution in [3.05, 3.63) is 41.2 Å². The largest absolute Gasteiger partial charge is 0.392 e. The summed E-state index contributed by atoms with van der Waals surface area (Å²) in [6, 6.07) is 4.48. The van der Waals surface area contributed by atoms with Crippen LogP contribution >= 0.6 is 11.6 Å². The Labute approximate surface area is 81.5 Å². The molecule has 1 rings (SSSR count). The smallest absolute Gasteiger partial charge is 0.130 e. The van der Waals surface area contributed by atoms with Crippen LogP contribution in [0.5, 0.6) is 0 Å². The zero-order valence-electron chi connectivity index (χ0n) is 7.00. The fourth-order valence-electron chi connectivity index (χ4n) is 0.991. The van der Waals surface area contributed by atoms with Crippen LogP contribution in [0.25, 0.3) is 6.08 Å². The third kappa shape index (κ3) is 2.83. The van der Waals surface area contributed by atoms with Crippen LogP contribution in [-0.4, -0.2) is 11.0 Å². The van der Waals surface area contributed by atoms with Crippen LogP contribution < -0.4 is 0 Å². The van der Waals surface area contributed by atoms with E-state index in [0.717, 1.165) is 0 Å².